The number of nitrogens with zero attached hydrogens (tertiary/aromatic N) is 1. The zero-order valence-corrected chi connectivity index (χ0v) is 12.9. The van der Waals surface area contributed by atoms with E-state index < -0.39 is 0 Å². The van der Waals surface area contributed by atoms with Crippen molar-refractivity contribution in [1.82, 2.24) is 0 Å². The van der Waals surface area contributed by atoms with Crippen molar-refractivity contribution in [3.63, 3.8) is 0 Å². The van der Waals surface area contributed by atoms with E-state index in [2.05, 4.69) is 15.9 Å². The third-order valence-electron chi connectivity index (χ3n) is 2.74. The molecule has 1 heterocycles. The molecule has 0 atom stereocenters. The Morgan fingerprint density at radius 3 is 2.68 bits per heavy atom. The highest BCUT2D eigenvalue weighted by Crippen LogP contribution is 2.30. The Bertz CT molecular complexity index is 624. The van der Waals surface area contributed by atoms with Crippen molar-refractivity contribution in [2.24, 2.45) is 0 Å². The number of halogens is 1. The molecule has 100 valence electrons. The van der Waals surface area contributed by atoms with Gasteiger partial charge in [0.25, 0.3) is 5.69 Å². The number of aryl methyl sites for hydroxylation is 2. The molecule has 0 unspecified atom stereocenters. The van der Waals surface area contributed by atoms with Gasteiger partial charge in [0.15, 0.2) is 0 Å². The van der Waals surface area contributed by atoms with Gasteiger partial charge in [-0.25, -0.2) is 0 Å². The van der Waals surface area contributed by atoms with Gasteiger partial charge in [-0.1, -0.05) is 0 Å². The molecule has 0 saturated carbocycles. The summed E-state index contributed by atoms with van der Waals surface area (Å²) in [6.07, 6.45) is 0. The monoisotopic (exact) mass is 341 g/mol. The number of rotatable bonds is 4. The number of hydrogen-bond donors (Lipinski definition) is 0. The van der Waals surface area contributed by atoms with Gasteiger partial charge < -0.3 is 4.74 Å². The molecule has 0 saturated heterocycles. The summed E-state index contributed by atoms with van der Waals surface area (Å²) in [5.41, 5.74) is 1.50. The van der Waals surface area contributed by atoms with Crippen LogP contribution in [0.25, 0.3) is 0 Å². The fourth-order valence-electron chi connectivity index (χ4n) is 1.70. The third kappa shape index (κ3) is 3.13. The number of benzene rings is 1. The maximum absolute atomic E-state index is 10.8. The molecule has 0 aliphatic carbocycles. The molecule has 1 aromatic heterocycles. The molecule has 1 aromatic carbocycles. The van der Waals surface area contributed by atoms with E-state index in [1.807, 2.05) is 18.4 Å². The lowest BCUT2D eigenvalue weighted by Gasteiger charge is -2.09. The first-order valence-electron chi connectivity index (χ1n) is 5.59. The first-order chi connectivity index (χ1) is 8.99. The summed E-state index contributed by atoms with van der Waals surface area (Å²) in [5, 5.41) is 12.8. The van der Waals surface area contributed by atoms with E-state index >= 15 is 0 Å². The Balaban J connectivity index is 2.20. The van der Waals surface area contributed by atoms with Gasteiger partial charge in [0.1, 0.15) is 12.4 Å². The normalized spacial score (nSPS) is 10.5. The molecule has 2 rings (SSSR count). The Morgan fingerprint density at radius 2 is 2.11 bits per heavy atom. The topological polar surface area (TPSA) is 52.4 Å². The third-order valence-corrected chi connectivity index (χ3v) is 4.64. The van der Waals surface area contributed by atoms with Gasteiger partial charge in [-0.2, -0.15) is 0 Å². The van der Waals surface area contributed by atoms with E-state index in [0.29, 0.717) is 17.9 Å². The van der Waals surface area contributed by atoms with Crippen LogP contribution in [0.3, 0.4) is 0 Å². The smallest absolute Gasteiger partial charge is 0.272 e. The minimum absolute atomic E-state index is 0.127. The first kappa shape index (κ1) is 14.0. The fraction of sp³-hybridized carbons (Fsp3) is 0.231. The molecule has 6 heteroatoms. The van der Waals surface area contributed by atoms with Crippen LogP contribution in [0.1, 0.15) is 16.0 Å². The average Bonchev–Trinajstić information content (AvgIpc) is 2.75. The van der Waals surface area contributed by atoms with E-state index in [9.17, 15) is 10.1 Å². The number of nitro benzene ring substituents is 1. The minimum Gasteiger partial charge on any atom is -0.488 e. The maximum atomic E-state index is 10.8. The van der Waals surface area contributed by atoms with Crippen LogP contribution in [0, 0.1) is 24.0 Å². The Morgan fingerprint density at radius 1 is 1.37 bits per heavy atom. The van der Waals surface area contributed by atoms with Crippen molar-refractivity contribution in [2.75, 3.05) is 0 Å². The van der Waals surface area contributed by atoms with Crippen LogP contribution in [0.4, 0.5) is 5.69 Å². The van der Waals surface area contributed by atoms with E-state index in [1.54, 1.807) is 30.4 Å². The number of hydrogen-bond acceptors (Lipinski definition) is 4. The summed E-state index contributed by atoms with van der Waals surface area (Å²) >= 11 is 5.05. The lowest BCUT2D eigenvalue weighted by Crippen LogP contribution is -1.99. The van der Waals surface area contributed by atoms with Gasteiger partial charge >= 0.3 is 0 Å². The predicted molar refractivity (Wildman–Crippen MR) is 78.9 cm³/mol. The van der Waals surface area contributed by atoms with Crippen LogP contribution in [-0.4, -0.2) is 4.92 Å². The van der Waals surface area contributed by atoms with E-state index in [0.717, 1.165) is 14.9 Å². The second kappa shape index (κ2) is 5.71. The number of nitro groups is 1. The van der Waals surface area contributed by atoms with Gasteiger partial charge in [-0.15, -0.1) is 11.3 Å². The average molecular weight is 342 g/mol. The quantitative estimate of drug-likeness (QED) is 0.602. The zero-order chi connectivity index (χ0) is 14.0. The zero-order valence-electron chi connectivity index (χ0n) is 10.5. The first-order valence-corrected chi connectivity index (χ1v) is 7.26. The lowest BCUT2D eigenvalue weighted by molar-refractivity contribution is -0.385. The molecule has 0 aliphatic heterocycles. The molecular weight excluding hydrogens is 330 g/mol. The molecule has 0 amide bonds. The summed E-state index contributed by atoms with van der Waals surface area (Å²) in [4.78, 5) is 11.6. The number of ether oxygens (including phenoxy) is 1. The molecule has 2 aromatic rings. The summed E-state index contributed by atoms with van der Waals surface area (Å²) < 4.78 is 6.76. The fourth-order valence-corrected chi connectivity index (χ4v) is 3.08. The summed E-state index contributed by atoms with van der Waals surface area (Å²) in [5.74, 6) is 0.684. The van der Waals surface area contributed by atoms with Crippen molar-refractivity contribution < 1.29 is 9.66 Å². The lowest BCUT2D eigenvalue weighted by atomic mass is 10.1. The van der Waals surface area contributed by atoms with Gasteiger partial charge in [0, 0.05) is 16.1 Å². The Labute approximate surface area is 123 Å². The van der Waals surface area contributed by atoms with E-state index in [1.165, 1.54) is 0 Å². The van der Waals surface area contributed by atoms with Crippen molar-refractivity contribution in [1.29, 1.82) is 0 Å². The molecule has 0 bridgehead atoms. The molecule has 0 spiro atoms. The van der Waals surface area contributed by atoms with Crippen LogP contribution in [0.5, 0.6) is 5.75 Å². The molecule has 0 fully saturated rings. The van der Waals surface area contributed by atoms with Gasteiger partial charge in [-0.3, -0.25) is 10.1 Å². The summed E-state index contributed by atoms with van der Waals surface area (Å²) in [6.45, 7) is 3.98. The van der Waals surface area contributed by atoms with Gasteiger partial charge in [-0.05, 0) is 52.9 Å². The standard InChI is InChI=1S/C13H12BrNO3S/c1-8-6-12(9(2)5-11(8)15(16)17)18-7-13-10(14)3-4-19-13/h3-6H,7H2,1-2H3. The molecule has 0 radical (unpaired) electrons. The predicted octanol–water partition coefficient (Wildman–Crippen LogP) is 4.61. The van der Waals surface area contributed by atoms with Crippen molar-refractivity contribution in [2.45, 2.75) is 20.5 Å². The van der Waals surface area contributed by atoms with Crippen molar-refractivity contribution in [3.8, 4) is 5.75 Å². The summed E-state index contributed by atoms with van der Waals surface area (Å²) in [7, 11) is 0. The SMILES string of the molecule is Cc1cc([N+](=O)[O-])c(C)cc1OCc1sccc1Br. The Hall–Kier alpha value is -1.40. The van der Waals surface area contributed by atoms with Gasteiger partial charge in [0.05, 0.1) is 9.80 Å². The van der Waals surface area contributed by atoms with Gasteiger partial charge in [0.2, 0.25) is 0 Å². The van der Waals surface area contributed by atoms with Crippen LogP contribution in [0.2, 0.25) is 0 Å². The Kier molecular flexibility index (Phi) is 4.21. The van der Waals surface area contributed by atoms with Crippen LogP contribution >= 0.6 is 27.3 Å². The molecular formula is C13H12BrNO3S. The largest absolute Gasteiger partial charge is 0.488 e. The van der Waals surface area contributed by atoms with E-state index in [4.69, 9.17) is 4.74 Å². The highest BCUT2D eigenvalue weighted by Gasteiger charge is 2.14. The van der Waals surface area contributed by atoms with E-state index in [-0.39, 0.29) is 10.6 Å². The van der Waals surface area contributed by atoms with Crippen molar-refractivity contribution >= 4 is 33.0 Å². The molecule has 4 nitrogen and oxygen atoms in total. The second-order valence-corrected chi connectivity index (χ2v) is 6.00. The highest BCUT2D eigenvalue weighted by atomic mass is 79.9. The number of thiophene rings is 1. The molecule has 0 N–H and O–H groups in total. The maximum Gasteiger partial charge on any atom is 0.272 e. The summed E-state index contributed by atoms with van der Waals surface area (Å²) in [6, 6.07) is 5.24. The van der Waals surface area contributed by atoms with Crippen LogP contribution in [0.15, 0.2) is 28.1 Å². The highest BCUT2D eigenvalue weighted by molar-refractivity contribution is 9.10. The van der Waals surface area contributed by atoms with Crippen LogP contribution in [-0.2, 0) is 6.61 Å². The molecule has 0 aliphatic rings. The van der Waals surface area contributed by atoms with Crippen molar-refractivity contribution in [3.05, 3.63) is 54.2 Å². The second-order valence-electron chi connectivity index (χ2n) is 4.14. The minimum atomic E-state index is -0.373. The molecule has 19 heavy (non-hydrogen) atoms. The van der Waals surface area contributed by atoms with Crippen LogP contribution < -0.4 is 4.74 Å².